The molecule has 2 aromatic rings. The molecule has 0 amide bonds. The maximum absolute atomic E-state index is 5.76. The molecule has 5 heteroatoms. The summed E-state index contributed by atoms with van der Waals surface area (Å²) in [6.45, 7) is 8.18. The summed E-state index contributed by atoms with van der Waals surface area (Å²) in [7, 11) is 4.16. The van der Waals surface area contributed by atoms with E-state index < -0.39 is 0 Å². The first-order valence-corrected chi connectivity index (χ1v) is 8.99. The molecule has 0 aliphatic heterocycles. The Labute approximate surface area is 156 Å². The first kappa shape index (κ1) is 19.3. The lowest BCUT2D eigenvalue weighted by atomic mass is 10.1. The maximum Gasteiger partial charge on any atom is 0.173 e. The summed E-state index contributed by atoms with van der Waals surface area (Å²) in [4.78, 5) is 8.53. The molecule has 4 nitrogen and oxygen atoms in total. The van der Waals surface area contributed by atoms with Gasteiger partial charge in [-0.3, -0.25) is 4.98 Å². The molecule has 1 atom stereocenters. The number of benzene rings is 1. The normalized spacial score (nSPS) is 12.1. The van der Waals surface area contributed by atoms with Crippen LogP contribution in [0.4, 0.5) is 5.69 Å². The van der Waals surface area contributed by atoms with Gasteiger partial charge in [-0.25, -0.2) is 0 Å². The minimum Gasteiger partial charge on any atom is -0.341 e. The van der Waals surface area contributed by atoms with Crippen molar-refractivity contribution in [3.8, 4) is 0 Å². The van der Waals surface area contributed by atoms with Gasteiger partial charge >= 0.3 is 0 Å². The summed E-state index contributed by atoms with van der Waals surface area (Å²) >= 11 is 5.76. The van der Waals surface area contributed by atoms with Crippen LogP contribution in [-0.4, -0.2) is 47.1 Å². The quantitative estimate of drug-likeness (QED) is 0.790. The van der Waals surface area contributed by atoms with Crippen molar-refractivity contribution in [2.24, 2.45) is 0 Å². The Hall–Kier alpha value is -1.98. The van der Waals surface area contributed by atoms with Crippen molar-refractivity contribution < 1.29 is 0 Å². The molecule has 1 heterocycles. The zero-order valence-electron chi connectivity index (χ0n) is 15.8. The Morgan fingerprint density at radius 3 is 2.40 bits per heavy atom. The molecule has 134 valence electrons. The van der Waals surface area contributed by atoms with Gasteiger partial charge in [-0.2, -0.15) is 0 Å². The summed E-state index contributed by atoms with van der Waals surface area (Å²) in [5.74, 6) is 0. The average molecular weight is 357 g/mol. The predicted molar refractivity (Wildman–Crippen MR) is 110 cm³/mol. The number of anilines is 1. The fourth-order valence-corrected chi connectivity index (χ4v) is 3.10. The topological polar surface area (TPSA) is 31.4 Å². The van der Waals surface area contributed by atoms with E-state index in [0.29, 0.717) is 0 Å². The summed E-state index contributed by atoms with van der Waals surface area (Å²) in [6, 6.07) is 10.6. The van der Waals surface area contributed by atoms with Crippen molar-refractivity contribution in [2.75, 3.05) is 32.5 Å². The third-order valence-electron chi connectivity index (χ3n) is 4.33. The summed E-state index contributed by atoms with van der Waals surface area (Å²) in [6.07, 6.45) is 3.66. The van der Waals surface area contributed by atoms with Crippen LogP contribution in [0, 0.1) is 13.8 Å². The van der Waals surface area contributed by atoms with Gasteiger partial charge in [0.05, 0.1) is 6.04 Å². The number of rotatable bonds is 6. The molecule has 1 N–H and O–H groups in total. The Bertz CT molecular complexity index is 700. The molecule has 0 spiro atoms. The molecule has 0 saturated heterocycles. The molecule has 0 aliphatic carbocycles. The summed E-state index contributed by atoms with van der Waals surface area (Å²) in [5.41, 5.74) is 4.72. The molecular formula is C20H28N4S. The van der Waals surface area contributed by atoms with E-state index >= 15 is 0 Å². The largest absolute Gasteiger partial charge is 0.341 e. The third kappa shape index (κ3) is 5.51. The van der Waals surface area contributed by atoms with Crippen LogP contribution in [-0.2, 0) is 0 Å². The molecular weight excluding hydrogens is 328 g/mol. The highest BCUT2D eigenvalue weighted by molar-refractivity contribution is 7.80. The molecule has 2 rings (SSSR count). The first-order valence-electron chi connectivity index (χ1n) is 8.58. The SMILES string of the molecule is Cc1ccc(NC(=S)N(CCN(C)C)C(C)c2ccncc2)c(C)c1. The molecule has 1 aromatic heterocycles. The van der Waals surface area contributed by atoms with Gasteiger partial charge in [-0.15, -0.1) is 0 Å². The second-order valence-corrected chi connectivity index (χ2v) is 7.09. The van der Waals surface area contributed by atoms with Crippen LogP contribution in [0.1, 0.15) is 29.7 Å². The number of aryl methyl sites for hydroxylation is 2. The van der Waals surface area contributed by atoms with Gasteiger partial charge < -0.3 is 15.1 Å². The number of hydrogen-bond donors (Lipinski definition) is 1. The molecule has 0 saturated carbocycles. The predicted octanol–water partition coefficient (Wildman–Crippen LogP) is 4.02. The molecule has 0 radical (unpaired) electrons. The molecule has 0 bridgehead atoms. The zero-order chi connectivity index (χ0) is 18.4. The fraction of sp³-hybridized carbons (Fsp3) is 0.400. The maximum atomic E-state index is 5.76. The van der Waals surface area contributed by atoms with Crippen LogP contribution >= 0.6 is 12.2 Å². The van der Waals surface area contributed by atoms with E-state index in [9.17, 15) is 0 Å². The summed E-state index contributed by atoms with van der Waals surface area (Å²) in [5, 5.41) is 4.18. The minimum absolute atomic E-state index is 0.175. The lowest BCUT2D eigenvalue weighted by Gasteiger charge is -2.33. The third-order valence-corrected chi connectivity index (χ3v) is 4.67. The highest BCUT2D eigenvalue weighted by Gasteiger charge is 2.19. The van der Waals surface area contributed by atoms with E-state index in [1.54, 1.807) is 0 Å². The number of aromatic nitrogens is 1. The lowest BCUT2D eigenvalue weighted by molar-refractivity contribution is 0.289. The van der Waals surface area contributed by atoms with E-state index in [1.807, 2.05) is 24.5 Å². The zero-order valence-corrected chi connectivity index (χ0v) is 16.6. The van der Waals surface area contributed by atoms with Gasteiger partial charge in [0.25, 0.3) is 0 Å². The summed E-state index contributed by atoms with van der Waals surface area (Å²) < 4.78 is 0. The van der Waals surface area contributed by atoms with E-state index in [0.717, 1.165) is 23.9 Å². The van der Waals surface area contributed by atoms with E-state index in [2.05, 4.69) is 73.2 Å². The standard InChI is InChI=1S/C20H28N4S/c1-15-6-7-19(16(2)14-15)22-20(25)24(13-12-23(4)5)17(3)18-8-10-21-11-9-18/h6-11,14,17H,12-13H2,1-5H3,(H,22,25). The molecule has 1 unspecified atom stereocenters. The molecule has 0 fully saturated rings. The average Bonchev–Trinajstić information content (AvgIpc) is 2.58. The molecule has 1 aromatic carbocycles. The van der Waals surface area contributed by atoms with Gasteiger partial charge in [0.2, 0.25) is 0 Å². The van der Waals surface area contributed by atoms with Crippen molar-refractivity contribution >= 4 is 23.0 Å². The van der Waals surface area contributed by atoms with Crippen LogP contribution in [0.25, 0.3) is 0 Å². The van der Waals surface area contributed by atoms with E-state index in [-0.39, 0.29) is 6.04 Å². The van der Waals surface area contributed by atoms with Gasteiger partial charge in [-0.05, 0) is 76.4 Å². The van der Waals surface area contributed by atoms with Gasteiger partial charge in [-0.1, -0.05) is 17.7 Å². The van der Waals surface area contributed by atoms with Gasteiger partial charge in [0.15, 0.2) is 5.11 Å². The Morgan fingerprint density at radius 2 is 1.80 bits per heavy atom. The fourth-order valence-electron chi connectivity index (χ4n) is 2.74. The van der Waals surface area contributed by atoms with Crippen molar-refractivity contribution in [1.29, 1.82) is 0 Å². The monoisotopic (exact) mass is 356 g/mol. The van der Waals surface area contributed by atoms with Crippen molar-refractivity contribution in [2.45, 2.75) is 26.8 Å². The Morgan fingerprint density at radius 1 is 1.12 bits per heavy atom. The number of hydrogen-bond acceptors (Lipinski definition) is 3. The number of nitrogens with one attached hydrogen (secondary N) is 1. The van der Waals surface area contributed by atoms with E-state index in [4.69, 9.17) is 12.2 Å². The van der Waals surface area contributed by atoms with Crippen LogP contribution in [0.3, 0.4) is 0 Å². The van der Waals surface area contributed by atoms with Crippen molar-refractivity contribution in [3.05, 3.63) is 59.4 Å². The highest BCUT2D eigenvalue weighted by Crippen LogP contribution is 2.22. The van der Waals surface area contributed by atoms with Crippen molar-refractivity contribution in [3.63, 3.8) is 0 Å². The number of likely N-dealkylation sites (N-methyl/N-ethyl adjacent to an activating group) is 1. The van der Waals surface area contributed by atoms with Crippen LogP contribution in [0.2, 0.25) is 0 Å². The Balaban J connectivity index is 2.20. The second-order valence-electron chi connectivity index (χ2n) is 6.70. The van der Waals surface area contributed by atoms with Crippen LogP contribution < -0.4 is 5.32 Å². The van der Waals surface area contributed by atoms with Crippen LogP contribution in [0.5, 0.6) is 0 Å². The Kier molecular flexibility index (Phi) is 6.91. The first-order chi connectivity index (χ1) is 11.9. The highest BCUT2D eigenvalue weighted by atomic mass is 32.1. The van der Waals surface area contributed by atoms with Crippen molar-refractivity contribution in [1.82, 2.24) is 14.8 Å². The number of thiocarbonyl (C=S) groups is 1. The molecule has 25 heavy (non-hydrogen) atoms. The lowest BCUT2D eigenvalue weighted by Crippen LogP contribution is -2.41. The number of nitrogens with zero attached hydrogens (tertiary/aromatic N) is 3. The van der Waals surface area contributed by atoms with Gasteiger partial charge in [0, 0.05) is 31.2 Å². The smallest absolute Gasteiger partial charge is 0.173 e. The molecule has 0 aliphatic rings. The van der Waals surface area contributed by atoms with Gasteiger partial charge in [0.1, 0.15) is 0 Å². The number of pyridine rings is 1. The minimum atomic E-state index is 0.175. The van der Waals surface area contributed by atoms with E-state index in [1.165, 1.54) is 16.7 Å². The second kappa shape index (κ2) is 8.92. The van der Waals surface area contributed by atoms with Crippen LogP contribution in [0.15, 0.2) is 42.7 Å².